The number of aromatic nitrogens is 4. The summed E-state index contributed by atoms with van der Waals surface area (Å²) < 4.78 is 6.15. The summed E-state index contributed by atoms with van der Waals surface area (Å²) in [7, 11) is 0. The van der Waals surface area contributed by atoms with Crippen molar-refractivity contribution in [2.24, 2.45) is 0 Å². The first-order valence-corrected chi connectivity index (χ1v) is 6.25. The first-order valence-electron chi connectivity index (χ1n) is 5.49. The maximum Gasteiger partial charge on any atom is 0.378 e. The van der Waals surface area contributed by atoms with Crippen molar-refractivity contribution in [2.45, 2.75) is 13.5 Å². The Morgan fingerprint density at radius 2 is 2.05 bits per heavy atom. The fourth-order valence-corrected chi connectivity index (χ4v) is 2.00. The lowest BCUT2D eigenvalue weighted by atomic mass is 10.2. The van der Waals surface area contributed by atoms with Crippen molar-refractivity contribution in [1.29, 1.82) is 0 Å². The molecule has 2 aromatic rings. The molecule has 0 amide bonds. The molecule has 0 bridgehead atoms. The van der Waals surface area contributed by atoms with Crippen molar-refractivity contribution in [1.82, 2.24) is 20.2 Å². The average Bonchev–Trinajstić information content (AvgIpc) is 2.82. The van der Waals surface area contributed by atoms with Gasteiger partial charge in [-0.05, 0) is 29.5 Å². The van der Waals surface area contributed by atoms with Crippen LogP contribution in [-0.2, 0) is 11.3 Å². The van der Waals surface area contributed by atoms with Gasteiger partial charge in [-0.3, -0.25) is 0 Å². The number of hydrogen-bond acceptors (Lipinski definition) is 5. The van der Waals surface area contributed by atoms with Crippen LogP contribution in [-0.4, -0.2) is 32.8 Å². The number of rotatable bonds is 4. The zero-order valence-corrected chi connectivity index (χ0v) is 11.5. The third-order valence-electron chi connectivity index (χ3n) is 2.36. The molecular weight excluding hydrogens is 291 g/mol. The van der Waals surface area contributed by atoms with E-state index >= 15 is 0 Å². The van der Waals surface area contributed by atoms with Crippen molar-refractivity contribution >= 4 is 29.2 Å². The average molecular weight is 301 g/mol. The monoisotopic (exact) mass is 300 g/mol. The van der Waals surface area contributed by atoms with Gasteiger partial charge in [0.15, 0.2) is 0 Å². The molecule has 1 aromatic heterocycles. The van der Waals surface area contributed by atoms with E-state index in [-0.39, 0.29) is 19.0 Å². The summed E-state index contributed by atoms with van der Waals surface area (Å²) in [5.41, 5.74) is 0.642. The normalized spacial score (nSPS) is 10.5. The third kappa shape index (κ3) is 3.02. The summed E-state index contributed by atoms with van der Waals surface area (Å²) >= 11 is 12.1. The highest BCUT2D eigenvalue weighted by atomic mass is 35.5. The fourth-order valence-electron chi connectivity index (χ4n) is 1.49. The number of hydrogen-bond donors (Lipinski definition) is 0. The molecular formula is C11H10Cl2N4O2. The Kier molecular flexibility index (Phi) is 4.34. The SMILES string of the molecule is CCOC(=O)c1nnnn1Cc1c(Cl)cccc1Cl. The standard InChI is InChI=1S/C11H10Cl2N4O2/c1-2-19-11(18)10-14-15-16-17(10)6-7-8(12)4-3-5-9(7)13/h3-5H,2,6H2,1H3. The Morgan fingerprint density at radius 1 is 1.37 bits per heavy atom. The molecule has 0 radical (unpaired) electrons. The van der Waals surface area contributed by atoms with Crippen LogP contribution >= 0.6 is 23.2 Å². The molecule has 0 atom stereocenters. The quantitative estimate of drug-likeness (QED) is 0.810. The van der Waals surface area contributed by atoms with Gasteiger partial charge in [-0.2, -0.15) is 0 Å². The van der Waals surface area contributed by atoms with Crippen molar-refractivity contribution in [3.05, 3.63) is 39.6 Å². The first-order chi connectivity index (χ1) is 9.13. The van der Waals surface area contributed by atoms with E-state index < -0.39 is 5.97 Å². The van der Waals surface area contributed by atoms with Crippen molar-refractivity contribution < 1.29 is 9.53 Å². The van der Waals surface area contributed by atoms with E-state index in [0.717, 1.165) is 0 Å². The van der Waals surface area contributed by atoms with Gasteiger partial charge in [0.25, 0.3) is 5.82 Å². The highest BCUT2D eigenvalue weighted by Crippen LogP contribution is 2.25. The van der Waals surface area contributed by atoms with Gasteiger partial charge in [0.05, 0.1) is 13.2 Å². The van der Waals surface area contributed by atoms with E-state index in [9.17, 15) is 4.79 Å². The molecule has 1 aromatic carbocycles. The Labute approximate surface area is 119 Å². The largest absolute Gasteiger partial charge is 0.460 e. The van der Waals surface area contributed by atoms with Crippen LogP contribution in [0.4, 0.5) is 0 Å². The molecule has 19 heavy (non-hydrogen) atoms. The van der Waals surface area contributed by atoms with Gasteiger partial charge in [-0.25, -0.2) is 9.48 Å². The van der Waals surface area contributed by atoms with Gasteiger partial charge >= 0.3 is 5.97 Å². The minimum Gasteiger partial charge on any atom is -0.460 e. The molecule has 0 N–H and O–H groups in total. The lowest BCUT2D eigenvalue weighted by molar-refractivity contribution is 0.0505. The number of tetrazole rings is 1. The number of benzene rings is 1. The second-order valence-corrected chi connectivity index (χ2v) is 4.40. The number of ether oxygens (including phenoxy) is 1. The van der Waals surface area contributed by atoms with Crippen LogP contribution < -0.4 is 0 Å². The molecule has 0 aliphatic carbocycles. The zero-order valence-electron chi connectivity index (χ0n) is 10.0. The molecule has 1 heterocycles. The molecule has 0 aliphatic rings. The van der Waals surface area contributed by atoms with Gasteiger partial charge < -0.3 is 4.74 Å². The summed E-state index contributed by atoms with van der Waals surface area (Å²) in [6.07, 6.45) is 0. The van der Waals surface area contributed by atoms with Gasteiger partial charge in [0.2, 0.25) is 0 Å². The van der Waals surface area contributed by atoms with Crippen LogP contribution in [0.2, 0.25) is 10.0 Å². The molecule has 8 heteroatoms. The Morgan fingerprint density at radius 3 is 2.68 bits per heavy atom. The summed E-state index contributed by atoms with van der Waals surface area (Å²) in [5, 5.41) is 11.8. The van der Waals surface area contributed by atoms with Gasteiger partial charge in [-0.15, -0.1) is 5.10 Å². The van der Waals surface area contributed by atoms with Crippen LogP contribution in [0, 0.1) is 0 Å². The minimum atomic E-state index is -0.587. The minimum absolute atomic E-state index is 0.0119. The lowest BCUT2D eigenvalue weighted by Gasteiger charge is -2.07. The molecule has 100 valence electrons. The van der Waals surface area contributed by atoms with Crippen LogP contribution in [0.5, 0.6) is 0 Å². The van der Waals surface area contributed by atoms with Crippen LogP contribution in [0.3, 0.4) is 0 Å². The smallest absolute Gasteiger partial charge is 0.378 e. The maximum atomic E-state index is 11.6. The van der Waals surface area contributed by atoms with Crippen molar-refractivity contribution in [3.63, 3.8) is 0 Å². The topological polar surface area (TPSA) is 69.9 Å². The predicted octanol–water partition coefficient (Wildman–Crippen LogP) is 2.20. The van der Waals surface area contributed by atoms with E-state index in [4.69, 9.17) is 27.9 Å². The molecule has 2 rings (SSSR count). The highest BCUT2D eigenvalue weighted by Gasteiger charge is 2.18. The Balaban J connectivity index is 2.30. The zero-order chi connectivity index (χ0) is 13.8. The van der Waals surface area contributed by atoms with E-state index in [0.29, 0.717) is 15.6 Å². The van der Waals surface area contributed by atoms with Crippen molar-refractivity contribution in [3.8, 4) is 0 Å². The number of carbonyl (C=O) groups is 1. The molecule has 6 nitrogen and oxygen atoms in total. The fraction of sp³-hybridized carbons (Fsp3) is 0.273. The summed E-state index contributed by atoms with van der Waals surface area (Å²) in [6.45, 7) is 2.15. The van der Waals surface area contributed by atoms with Crippen molar-refractivity contribution in [2.75, 3.05) is 6.61 Å². The van der Waals surface area contributed by atoms with Gasteiger partial charge in [0, 0.05) is 15.6 Å². The van der Waals surface area contributed by atoms with E-state index in [1.807, 2.05) is 0 Å². The number of esters is 1. The summed E-state index contributed by atoms with van der Waals surface area (Å²) in [4.78, 5) is 11.6. The van der Waals surface area contributed by atoms with E-state index in [2.05, 4.69) is 15.5 Å². The van der Waals surface area contributed by atoms with Crippen LogP contribution in [0.25, 0.3) is 0 Å². The van der Waals surface area contributed by atoms with Gasteiger partial charge in [0.1, 0.15) is 0 Å². The van der Waals surface area contributed by atoms with E-state index in [1.54, 1.807) is 25.1 Å². The van der Waals surface area contributed by atoms with Crippen LogP contribution in [0.1, 0.15) is 23.1 Å². The highest BCUT2D eigenvalue weighted by molar-refractivity contribution is 6.35. The number of nitrogens with zero attached hydrogens (tertiary/aromatic N) is 4. The molecule has 0 saturated carbocycles. The second kappa shape index (κ2) is 5.99. The Bertz CT molecular complexity index is 580. The summed E-state index contributed by atoms with van der Waals surface area (Å²) in [5.74, 6) is -0.575. The predicted molar refractivity (Wildman–Crippen MR) is 69.3 cm³/mol. The molecule has 0 unspecified atom stereocenters. The number of halogens is 2. The van der Waals surface area contributed by atoms with Gasteiger partial charge in [-0.1, -0.05) is 29.3 Å². The van der Waals surface area contributed by atoms with Crippen LogP contribution in [0.15, 0.2) is 18.2 Å². The molecule has 0 fully saturated rings. The third-order valence-corrected chi connectivity index (χ3v) is 3.07. The lowest BCUT2D eigenvalue weighted by Crippen LogP contribution is -2.15. The number of carbonyl (C=O) groups excluding carboxylic acids is 1. The Hall–Kier alpha value is -1.66. The molecule has 0 spiro atoms. The van der Waals surface area contributed by atoms with E-state index in [1.165, 1.54) is 4.68 Å². The molecule has 0 aliphatic heterocycles. The maximum absolute atomic E-state index is 11.6. The second-order valence-electron chi connectivity index (χ2n) is 3.58. The molecule has 0 saturated heterocycles. The first kappa shape index (κ1) is 13.8. The summed E-state index contributed by atoms with van der Waals surface area (Å²) in [6, 6.07) is 5.15.